The average molecular weight is 311 g/mol. The minimum atomic E-state index is -0.379. The average Bonchev–Trinajstić information content (AvgIpc) is 2.77. The summed E-state index contributed by atoms with van der Waals surface area (Å²) < 4.78 is 0.989. The fourth-order valence-electron chi connectivity index (χ4n) is 2.52. The summed E-state index contributed by atoms with van der Waals surface area (Å²) in [5.41, 5.74) is 1.61. The van der Waals surface area contributed by atoms with Crippen molar-refractivity contribution in [3.8, 4) is 0 Å². The summed E-state index contributed by atoms with van der Waals surface area (Å²) >= 11 is 3.45. The van der Waals surface area contributed by atoms with Crippen LogP contribution in [-0.2, 0) is 4.79 Å². The zero-order valence-corrected chi connectivity index (χ0v) is 12.4. The Kier molecular flexibility index (Phi) is 4.07. The number of anilines is 1. The van der Waals surface area contributed by atoms with Crippen LogP contribution in [0.4, 0.5) is 5.69 Å². The van der Waals surface area contributed by atoms with Gasteiger partial charge in [0.05, 0.1) is 5.54 Å². The molecule has 0 bridgehead atoms. The van der Waals surface area contributed by atoms with Crippen LogP contribution >= 0.6 is 15.9 Å². The molecule has 3 nitrogen and oxygen atoms in total. The van der Waals surface area contributed by atoms with Gasteiger partial charge in [-0.15, -0.1) is 0 Å². The molecule has 1 heterocycles. The second-order valence-electron chi connectivity index (χ2n) is 4.94. The van der Waals surface area contributed by atoms with E-state index in [4.69, 9.17) is 0 Å². The Morgan fingerprint density at radius 3 is 2.83 bits per heavy atom. The Morgan fingerprint density at radius 2 is 2.28 bits per heavy atom. The molecule has 1 aliphatic heterocycles. The molecule has 1 aliphatic rings. The van der Waals surface area contributed by atoms with Crippen molar-refractivity contribution in [2.24, 2.45) is 0 Å². The molecule has 0 radical (unpaired) electrons. The van der Waals surface area contributed by atoms with Crippen LogP contribution in [0.15, 0.2) is 22.7 Å². The van der Waals surface area contributed by atoms with Gasteiger partial charge in [0.2, 0.25) is 5.91 Å². The van der Waals surface area contributed by atoms with E-state index in [1.54, 1.807) is 0 Å². The molecule has 0 saturated carbocycles. The lowest BCUT2D eigenvalue weighted by Gasteiger charge is -2.26. The first-order chi connectivity index (χ1) is 8.55. The molecule has 4 heteroatoms. The van der Waals surface area contributed by atoms with Gasteiger partial charge in [0.15, 0.2) is 0 Å². The van der Waals surface area contributed by atoms with E-state index >= 15 is 0 Å². The number of amides is 1. The van der Waals surface area contributed by atoms with Crippen LogP contribution < -0.4 is 10.6 Å². The molecule has 1 saturated heterocycles. The van der Waals surface area contributed by atoms with Crippen LogP contribution in [0.5, 0.6) is 0 Å². The number of halogens is 1. The molecule has 0 aromatic heterocycles. The number of carbonyl (C=O) groups excluding carboxylic acids is 1. The largest absolute Gasteiger partial charge is 0.324 e. The van der Waals surface area contributed by atoms with Gasteiger partial charge in [-0.05, 0) is 56.5 Å². The minimum Gasteiger partial charge on any atom is -0.324 e. The second-order valence-corrected chi connectivity index (χ2v) is 5.85. The Balaban J connectivity index is 2.15. The van der Waals surface area contributed by atoms with Gasteiger partial charge in [-0.3, -0.25) is 4.79 Å². The number of hydrogen-bond acceptors (Lipinski definition) is 2. The second kappa shape index (κ2) is 5.41. The summed E-state index contributed by atoms with van der Waals surface area (Å²) in [5, 5.41) is 6.37. The van der Waals surface area contributed by atoms with E-state index in [-0.39, 0.29) is 11.4 Å². The lowest BCUT2D eigenvalue weighted by Crippen LogP contribution is -2.50. The normalized spacial score (nSPS) is 23.1. The van der Waals surface area contributed by atoms with E-state index in [1.807, 2.05) is 25.1 Å². The number of benzene rings is 1. The maximum Gasteiger partial charge on any atom is 0.244 e. The van der Waals surface area contributed by atoms with Crippen LogP contribution in [-0.4, -0.2) is 18.0 Å². The number of aryl methyl sites for hydroxylation is 1. The molecule has 2 rings (SSSR count). The van der Waals surface area contributed by atoms with Crippen molar-refractivity contribution in [3.63, 3.8) is 0 Å². The van der Waals surface area contributed by atoms with Gasteiger partial charge < -0.3 is 10.6 Å². The molecule has 0 spiro atoms. The summed E-state index contributed by atoms with van der Waals surface area (Å²) in [5.74, 6) is 0.0833. The van der Waals surface area contributed by atoms with Crippen molar-refractivity contribution in [2.75, 3.05) is 11.9 Å². The Labute approximate surface area is 116 Å². The van der Waals surface area contributed by atoms with E-state index in [0.717, 1.165) is 41.5 Å². The number of hydrogen-bond donors (Lipinski definition) is 2. The van der Waals surface area contributed by atoms with Gasteiger partial charge in [-0.2, -0.15) is 0 Å². The SMILES string of the molecule is CCC1(C(=O)Nc2cc(C)cc(Br)c2)CCCN1. The third kappa shape index (κ3) is 2.75. The molecule has 1 atom stereocenters. The van der Waals surface area contributed by atoms with E-state index in [2.05, 4.69) is 33.5 Å². The van der Waals surface area contributed by atoms with E-state index in [1.165, 1.54) is 0 Å². The van der Waals surface area contributed by atoms with Gasteiger partial charge >= 0.3 is 0 Å². The van der Waals surface area contributed by atoms with Crippen molar-refractivity contribution < 1.29 is 4.79 Å². The van der Waals surface area contributed by atoms with Crippen molar-refractivity contribution in [1.82, 2.24) is 5.32 Å². The molecule has 1 unspecified atom stereocenters. The molecule has 1 amide bonds. The predicted octanol–water partition coefficient (Wildman–Crippen LogP) is 3.23. The molecule has 98 valence electrons. The molecule has 1 fully saturated rings. The fraction of sp³-hybridized carbons (Fsp3) is 0.500. The molecule has 1 aromatic carbocycles. The molecule has 2 N–H and O–H groups in total. The molecule has 18 heavy (non-hydrogen) atoms. The molecular formula is C14H19BrN2O. The predicted molar refractivity (Wildman–Crippen MR) is 77.8 cm³/mol. The van der Waals surface area contributed by atoms with Crippen molar-refractivity contribution in [3.05, 3.63) is 28.2 Å². The van der Waals surface area contributed by atoms with E-state index in [9.17, 15) is 4.79 Å². The smallest absolute Gasteiger partial charge is 0.244 e. The first-order valence-electron chi connectivity index (χ1n) is 6.39. The summed E-state index contributed by atoms with van der Waals surface area (Å²) in [6.45, 7) is 5.01. The molecule has 1 aromatic rings. The molecule has 0 aliphatic carbocycles. The third-order valence-corrected chi connectivity index (χ3v) is 4.04. The number of rotatable bonds is 3. The number of nitrogens with one attached hydrogen (secondary N) is 2. The Hall–Kier alpha value is -0.870. The van der Waals surface area contributed by atoms with Crippen LogP contribution in [0.3, 0.4) is 0 Å². The number of carbonyl (C=O) groups is 1. The summed E-state index contributed by atoms with van der Waals surface area (Å²) in [6, 6.07) is 5.95. The first-order valence-corrected chi connectivity index (χ1v) is 7.19. The highest BCUT2D eigenvalue weighted by molar-refractivity contribution is 9.10. The van der Waals surface area contributed by atoms with Gasteiger partial charge in [-0.1, -0.05) is 22.9 Å². The Morgan fingerprint density at radius 1 is 1.50 bits per heavy atom. The monoisotopic (exact) mass is 310 g/mol. The van der Waals surface area contributed by atoms with E-state index in [0.29, 0.717) is 0 Å². The highest BCUT2D eigenvalue weighted by Crippen LogP contribution is 2.26. The summed E-state index contributed by atoms with van der Waals surface area (Å²) in [6.07, 6.45) is 2.81. The van der Waals surface area contributed by atoms with Crippen molar-refractivity contribution in [2.45, 2.75) is 38.6 Å². The maximum atomic E-state index is 12.4. The third-order valence-electron chi connectivity index (χ3n) is 3.58. The van der Waals surface area contributed by atoms with Crippen LogP contribution in [0.25, 0.3) is 0 Å². The van der Waals surface area contributed by atoms with Gasteiger partial charge in [0, 0.05) is 10.2 Å². The van der Waals surface area contributed by atoms with Gasteiger partial charge in [0.25, 0.3) is 0 Å². The zero-order valence-electron chi connectivity index (χ0n) is 10.8. The molecular weight excluding hydrogens is 292 g/mol. The first kappa shape index (κ1) is 13.6. The lowest BCUT2D eigenvalue weighted by molar-refractivity contribution is -0.122. The summed E-state index contributed by atoms with van der Waals surface area (Å²) in [7, 11) is 0. The van der Waals surface area contributed by atoms with Crippen molar-refractivity contribution in [1.29, 1.82) is 0 Å². The minimum absolute atomic E-state index is 0.0833. The van der Waals surface area contributed by atoms with Crippen LogP contribution in [0, 0.1) is 6.92 Å². The Bertz CT molecular complexity index is 433. The quantitative estimate of drug-likeness (QED) is 0.900. The zero-order chi connectivity index (χ0) is 13.2. The van der Waals surface area contributed by atoms with Crippen molar-refractivity contribution >= 4 is 27.5 Å². The highest BCUT2D eigenvalue weighted by Gasteiger charge is 2.39. The maximum absolute atomic E-state index is 12.4. The van der Waals surface area contributed by atoms with Gasteiger partial charge in [0.1, 0.15) is 0 Å². The fourth-order valence-corrected chi connectivity index (χ4v) is 3.13. The van der Waals surface area contributed by atoms with Crippen LogP contribution in [0.2, 0.25) is 0 Å². The summed E-state index contributed by atoms with van der Waals surface area (Å²) in [4.78, 5) is 12.4. The van der Waals surface area contributed by atoms with E-state index < -0.39 is 0 Å². The van der Waals surface area contributed by atoms with Gasteiger partial charge in [-0.25, -0.2) is 0 Å². The topological polar surface area (TPSA) is 41.1 Å². The van der Waals surface area contributed by atoms with Crippen LogP contribution in [0.1, 0.15) is 31.7 Å². The highest BCUT2D eigenvalue weighted by atomic mass is 79.9. The lowest BCUT2D eigenvalue weighted by atomic mass is 9.93. The standard InChI is InChI=1S/C14H19BrN2O/c1-3-14(5-4-6-16-14)13(18)17-12-8-10(2)7-11(15)9-12/h7-9,16H,3-6H2,1-2H3,(H,17,18).